The van der Waals surface area contributed by atoms with E-state index in [1.54, 1.807) is 0 Å². The largest absolute Gasteiger partial charge is 0.367 e. The van der Waals surface area contributed by atoms with E-state index >= 15 is 0 Å². The number of nitrogens with one attached hydrogen (secondary N) is 1. The topological polar surface area (TPSA) is 39.3 Å². The van der Waals surface area contributed by atoms with Crippen LogP contribution < -0.4 is 0 Å². The van der Waals surface area contributed by atoms with Crippen molar-refractivity contribution in [2.75, 3.05) is 26.2 Å². The Labute approximate surface area is 108 Å². The minimum atomic E-state index is 0.362. The molecule has 2 aliphatic rings. The molecule has 3 rings (SSSR count). The predicted octanol–water partition coefficient (Wildman–Crippen LogP) is 1.46. The van der Waals surface area contributed by atoms with Crippen LogP contribution in [0.4, 0.5) is 0 Å². The lowest BCUT2D eigenvalue weighted by Crippen LogP contribution is -2.35. The van der Waals surface area contributed by atoms with Gasteiger partial charge in [0.1, 0.15) is 0 Å². The zero-order chi connectivity index (χ0) is 12.4. The van der Waals surface area contributed by atoms with Gasteiger partial charge in [-0.2, -0.15) is 0 Å². The summed E-state index contributed by atoms with van der Waals surface area (Å²) in [4.78, 5) is 19.7. The SMILES string of the molecule is O=C(C1CC1)N1CCCN(Cc2cc[nH]c2)CC1. The third-order valence-corrected chi connectivity index (χ3v) is 3.90. The van der Waals surface area contributed by atoms with Crippen LogP contribution in [0, 0.1) is 5.92 Å². The Morgan fingerprint density at radius 1 is 1.28 bits per heavy atom. The van der Waals surface area contributed by atoms with E-state index in [-0.39, 0.29) is 0 Å². The second kappa shape index (κ2) is 5.14. The molecule has 1 aliphatic heterocycles. The standard InChI is InChI=1S/C14H21N3O/c18-14(13-2-3-13)17-7-1-6-16(8-9-17)11-12-4-5-15-10-12/h4-5,10,13,15H,1-3,6-9,11H2. The van der Waals surface area contributed by atoms with Crippen LogP contribution in [0.1, 0.15) is 24.8 Å². The number of aromatic nitrogens is 1. The van der Waals surface area contributed by atoms with Gasteiger partial charge >= 0.3 is 0 Å². The van der Waals surface area contributed by atoms with Crippen LogP contribution in [0.15, 0.2) is 18.5 Å². The van der Waals surface area contributed by atoms with Crippen molar-refractivity contribution in [2.24, 2.45) is 5.92 Å². The number of rotatable bonds is 3. The van der Waals surface area contributed by atoms with Crippen LogP contribution in [0.5, 0.6) is 0 Å². The zero-order valence-electron chi connectivity index (χ0n) is 10.8. The van der Waals surface area contributed by atoms with Gasteiger partial charge in [-0.1, -0.05) is 0 Å². The molecule has 0 aromatic carbocycles. The Hall–Kier alpha value is -1.29. The van der Waals surface area contributed by atoms with Gasteiger partial charge in [0.15, 0.2) is 0 Å². The lowest BCUT2D eigenvalue weighted by molar-refractivity contribution is -0.132. The van der Waals surface area contributed by atoms with Crippen LogP contribution in [-0.2, 0) is 11.3 Å². The van der Waals surface area contributed by atoms with Gasteiger partial charge in [-0.15, -0.1) is 0 Å². The summed E-state index contributed by atoms with van der Waals surface area (Å²) in [5.41, 5.74) is 1.33. The fourth-order valence-corrected chi connectivity index (χ4v) is 2.65. The average molecular weight is 247 g/mol. The molecule has 4 heteroatoms. The Morgan fingerprint density at radius 3 is 2.89 bits per heavy atom. The van der Waals surface area contributed by atoms with E-state index in [4.69, 9.17) is 0 Å². The first-order chi connectivity index (χ1) is 8.83. The molecule has 2 fully saturated rings. The maximum atomic E-state index is 12.0. The maximum Gasteiger partial charge on any atom is 0.225 e. The highest BCUT2D eigenvalue weighted by atomic mass is 16.2. The van der Waals surface area contributed by atoms with Gasteiger partial charge in [-0.25, -0.2) is 0 Å². The van der Waals surface area contributed by atoms with Gasteiger partial charge in [0.2, 0.25) is 5.91 Å². The number of carbonyl (C=O) groups is 1. The molecule has 0 bridgehead atoms. The van der Waals surface area contributed by atoms with Gasteiger partial charge in [-0.05, 0) is 30.9 Å². The van der Waals surface area contributed by atoms with Crippen LogP contribution in [-0.4, -0.2) is 46.9 Å². The molecule has 1 saturated carbocycles. The maximum absolute atomic E-state index is 12.0. The van der Waals surface area contributed by atoms with Gasteiger partial charge in [0, 0.05) is 51.0 Å². The van der Waals surface area contributed by atoms with Crippen molar-refractivity contribution in [3.63, 3.8) is 0 Å². The van der Waals surface area contributed by atoms with Gasteiger partial charge in [-0.3, -0.25) is 9.69 Å². The van der Waals surface area contributed by atoms with E-state index in [1.807, 2.05) is 6.20 Å². The molecule has 98 valence electrons. The molecule has 4 nitrogen and oxygen atoms in total. The minimum Gasteiger partial charge on any atom is -0.367 e. The molecule has 1 amide bonds. The normalized spacial score (nSPS) is 21.9. The lowest BCUT2D eigenvalue weighted by atomic mass is 10.3. The quantitative estimate of drug-likeness (QED) is 0.878. The molecule has 0 atom stereocenters. The number of H-pyrrole nitrogens is 1. The average Bonchev–Trinajstić information content (AvgIpc) is 3.14. The first kappa shape index (κ1) is 11.8. The molecule has 1 aliphatic carbocycles. The molecular weight excluding hydrogens is 226 g/mol. The second-order valence-corrected chi connectivity index (χ2v) is 5.45. The van der Waals surface area contributed by atoms with Crippen molar-refractivity contribution < 1.29 is 4.79 Å². The second-order valence-electron chi connectivity index (χ2n) is 5.45. The Morgan fingerprint density at radius 2 is 2.17 bits per heavy atom. The predicted molar refractivity (Wildman–Crippen MR) is 70.0 cm³/mol. The van der Waals surface area contributed by atoms with Crippen LogP contribution in [0.2, 0.25) is 0 Å². The highest BCUT2D eigenvalue weighted by Crippen LogP contribution is 2.31. The van der Waals surface area contributed by atoms with E-state index in [9.17, 15) is 4.79 Å². The highest BCUT2D eigenvalue weighted by molar-refractivity contribution is 5.81. The Kier molecular flexibility index (Phi) is 3.37. The summed E-state index contributed by atoms with van der Waals surface area (Å²) in [7, 11) is 0. The molecule has 0 unspecified atom stereocenters. The van der Waals surface area contributed by atoms with Crippen LogP contribution >= 0.6 is 0 Å². The molecule has 1 saturated heterocycles. The summed E-state index contributed by atoms with van der Waals surface area (Å²) >= 11 is 0. The number of hydrogen-bond acceptors (Lipinski definition) is 2. The first-order valence-corrected chi connectivity index (χ1v) is 6.96. The summed E-state index contributed by atoms with van der Waals surface area (Å²) in [5, 5.41) is 0. The zero-order valence-corrected chi connectivity index (χ0v) is 10.8. The van der Waals surface area contributed by atoms with Crippen LogP contribution in [0.25, 0.3) is 0 Å². The van der Waals surface area contributed by atoms with E-state index in [2.05, 4.69) is 27.0 Å². The van der Waals surface area contributed by atoms with Crippen molar-refractivity contribution >= 4 is 5.91 Å². The first-order valence-electron chi connectivity index (χ1n) is 6.96. The van der Waals surface area contributed by atoms with Gasteiger partial charge < -0.3 is 9.88 Å². The third-order valence-electron chi connectivity index (χ3n) is 3.90. The molecular formula is C14H21N3O. The highest BCUT2D eigenvalue weighted by Gasteiger charge is 2.33. The summed E-state index contributed by atoms with van der Waals surface area (Å²) in [5.74, 6) is 0.764. The molecule has 18 heavy (non-hydrogen) atoms. The van der Waals surface area contributed by atoms with Crippen molar-refractivity contribution in [2.45, 2.75) is 25.8 Å². The summed E-state index contributed by atoms with van der Waals surface area (Å²) in [6.45, 7) is 4.94. The van der Waals surface area contributed by atoms with E-state index in [0.29, 0.717) is 11.8 Å². The summed E-state index contributed by atoms with van der Waals surface area (Å²) in [6.07, 6.45) is 7.35. The number of carbonyl (C=O) groups excluding carboxylic acids is 1. The van der Waals surface area contributed by atoms with E-state index < -0.39 is 0 Å². The molecule has 0 radical (unpaired) electrons. The monoisotopic (exact) mass is 247 g/mol. The molecule has 1 N–H and O–H groups in total. The van der Waals surface area contributed by atoms with Gasteiger partial charge in [0.25, 0.3) is 0 Å². The molecule has 2 heterocycles. The fourth-order valence-electron chi connectivity index (χ4n) is 2.65. The molecule has 1 aromatic rings. The van der Waals surface area contributed by atoms with Crippen LogP contribution in [0.3, 0.4) is 0 Å². The third kappa shape index (κ3) is 2.75. The number of amides is 1. The molecule has 1 aromatic heterocycles. The number of hydrogen-bond donors (Lipinski definition) is 1. The lowest BCUT2D eigenvalue weighted by Gasteiger charge is -2.21. The number of aromatic amines is 1. The summed E-state index contributed by atoms with van der Waals surface area (Å²) < 4.78 is 0. The minimum absolute atomic E-state index is 0.362. The van der Waals surface area contributed by atoms with Gasteiger partial charge in [0.05, 0.1) is 0 Å². The van der Waals surface area contributed by atoms with E-state index in [0.717, 1.165) is 52.0 Å². The number of nitrogens with zero attached hydrogens (tertiary/aromatic N) is 2. The van der Waals surface area contributed by atoms with Crippen molar-refractivity contribution in [3.05, 3.63) is 24.0 Å². The smallest absolute Gasteiger partial charge is 0.225 e. The Bertz CT molecular complexity index is 397. The van der Waals surface area contributed by atoms with Crippen molar-refractivity contribution in [3.8, 4) is 0 Å². The fraction of sp³-hybridized carbons (Fsp3) is 0.643. The molecule has 0 spiro atoms. The summed E-state index contributed by atoms with van der Waals surface area (Å²) in [6, 6.07) is 2.12. The Balaban J connectivity index is 1.53. The van der Waals surface area contributed by atoms with E-state index in [1.165, 1.54) is 5.56 Å². The van der Waals surface area contributed by atoms with Crippen molar-refractivity contribution in [1.29, 1.82) is 0 Å². The van der Waals surface area contributed by atoms with Crippen molar-refractivity contribution in [1.82, 2.24) is 14.8 Å².